The van der Waals surface area contributed by atoms with Gasteiger partial charge in [0, 0.05) is 24.8 Å². The number of carbonyl (C=O) groups excluding carboxylic acids is 1. The number of rotatable bonds is 5. The standard InChI is InChI=1S/C14H18F2N2O3/c1-9-2-3-10(6-11(9)21-8-13(15)16)18-14(19)12-7-17-4-5-20-12/h2-3,6,12-13,17H,4-5,7-8H2,1H3,(H,18,19). The summed E-state index contributed by atoms with van der Waals surface area (Å²) in [6, 6.07) is 4.93. The number of hydrogen-bond acceptors (Lipinski definition) is 4. The van der Waals surface area contributed by atoms with E-state index >= 15 is 0 Å². The second-order valence-corrected chi connectivity index (χ2v) is 4.74. The summed E-state index contributed by atoms with van der Waals surface area (Å²) in [5, 5.41) is 5.76. The molecule has 1 amide bonds. The van der Waals surface area contributed by atoms with Crippen LogP contribution in [0.3, 0.4) is 0 Å². The van der Waals surface area contributed by atoms with E-state index in [-0.39, 0.29) is 5.91 Å². The zero-order valence-corrected chi connectivity index (χ0v) is 11.7. The van der Waals surface area contributed by atoms with Gasteiger partial charge in [-0.25, -0.2) is 8.78 Å². The van der Waals surface area contributed by atoms with Crippen LogP contribution < -0.4 is 15.4 Å². The van der Waals surface area contributed by atoms with Gasteiger partial charge in [0.05, 0.1) is 6.61 Å². The minimum absolute atomic E-state index is 0.272. The summed E-state index contributed by atoms with van der Waals surface area (Å²) in [5.41, 5.74) is 1.22. The Morgan fingerprint density at radius 3 is 3.05 bits per heavy atom. The van der Waals surface area contributed by atoms with E-state index < -0.39 is 19.1 Å². The fraction of sp³-hybridized carbons (Fsp3) is 0.500. The summed E-state index contributed by atoms with van der Waals surface area (Å²) >= 11 is 0. The molecule has 0 radical (unpaired) electrons. The molecule has 1 atom stereocenters. The van der Waals surface area contributed by atoms with Crippen molar-refractivity contribution in [1.82, 2.24) is 5.32 Å². The van der Waals surface area contributed by atoms with Crippen molar-refractivity contribution in [2.75, 3.05) is 31.6 Å². The summed E-state index contributed by atoms with van der Waals surface area (Å²) in [6.45, 7) is 2.73. The molecular formula is C14H18F2N2O3. The molecule has 0 aliphatic carbocycles. The van der Waals surface area contributed by atoms with Gasteiger partial charge in [-0.2, -0.15) is 0 Å². The topological polar surface area (TPSA) is 59.6 Å². The molecule has 116 valence electrons. The number of hydrogen-bond donors (Lipinski definition) is 2. The Morgan fingerprint density at radius 1 is 1.57 bits per heavy atom. The van der Waals surface area contributed by atoms with Gasteiger partial charge in [0.1, 0.15) is 18.5 Å². The number of amides is 1. The number of alkyl halides is 2. The summed E-state index contributed by atoms with van der Waals surface area (Å²) < 4.78 is 34.7. The number of aryl methyl sites for hydroxylation is 1. The van der Waals surface area contributed by atoms with Crippen LogP contribution in [-0.2, 0) is 9.53 Å². The quantitative estimate of drug-likeness (QED) is 0.866. The average molecular weight is 300 g/mol. The zero-order chi connectivity index (χ0) is 15.2. The lowest BCUT2D eigenvalue weighted by Gasteiger charge is -2.22. The average Bonchev–Trinajstić information content (AvgIpc) is 2.48. The predicted octanol–water partition coefficient (Wildman–Crippen LogP) is 1.57. The second kappa shape index (κ2) is 7.33. The minimum atomic E-state index is -2.54. The lowest BCUT2D eigenvalue weighted by atomic mass is 10.2. The van der Waals surface area contributed by atoms with Crippen molar-refractivity contribution in [3.05, 3.63) is 23.8 Å². The van der Waals surface area contributed by atoms with Crippen LogP contribution in [-0.4, -0.2) is 44.7 Å². The number of nitrogens with one attached hydrogen (secondary N) is 2. The van der Waals surface area contributed by atoms with Crippen molar-refractivity contribution in [2.45, 2.75) is 19.5 Å². The summed E-state index contributed by atoms with van der Waals surface area (Å²) in [5.74, 6) is 0.0571. The molecular weight excluding hydrogens is 282 g/mol. The van der Waals surface area contributed by atoms with Crippen LogP contribution in [0.4, 0.5) is 14.5 Å². The van der Waals surface area contributed by atoms with E-state index in [2.05, 4.69) is 10.6 Å². The van der Waals surface area contributed by atoms with E-state index in [4.69, 9.17) is 9.47 Å². The first kappa shape index (κ1) is 15.7. The highest BCUT2D eigenvalue weighted by molar-refractivity contribution is 5.94. The van der Waals surface area contributed by atoms with Crippen molar-refractivity contribution in [3.8, 4) is 5.75 Å². The highest BCUT2D eigenvalue weighted by atomic mass is 19.3. The summed E-state index contributed by atoms with van der Waals surface area (Å²) in [4.78, 5) is 12.0. The first-order chi connectivity index (χ1) is 10.1. The Bertz CT molecular complexity index is 491. The van der Waals surface area contributed by atoms with Gasteiger partial charge in [0.15, 0.2) is 0 Å². The molecule has 1 aliphatic rings. The molecule has 7 heteroatoms. The molecule has 21 heavy (non-hydrogen) atoms. The van der Waals surface area contributed by atoms with Gasteiger partial charge in [-0.1, -0.05) is 6.07 Å². The monoisotopic (exact) mass is 300 g/mol. The molecule has 0 aromatic heterocycles. The number of halogens is 2. The van der Waals surface area contributed by atoms with E-state index in [1.165, 1.54) is 6.07 Å². The molecule has 1 aliphatic heterocycles. The third-order valence-electron chi connectivity index (χ3n) is 3.04. The molecule has 1 aromatic carbocycles. The molecule has 1 unspecified atom stereocenters. The lowest BCUT2D eigenvalue weighted by molar-refractivity contribution is -0.128. The largest absolute Gasteiger partial charge is 0.487 e. The molecule has 1 aromatic rings. The van der Waals surface area contributed by atoms with E-state index in [1.807, 2.05) is 0 Å². The normalized spacial score (nSPS) is 18.6. The van der Waals surface area contributed by atoms with E-state index in [0.717, 1.165) is 12.1 Å². The van der Waals surface area contributed by atoms with Crippen molar-refractivity contribution in [1.29, 1.82) is 0 Å². The Balaban J connectivity index is 1.99. The number of benzene rings is 1. The van der Waals surface area contributed by atoms with Crippen LogP contribution in [0.15, 0.2) is 18.2 Å². The van der Waals surface area contributed by atoms with Crippen molar-refractivity contribution in [3.63, 3.8) is 0 Å². The maximum atomic E-state index is 12.2. The summed E-state index contributed by atoms with van der Waals surface area (Å²) in [7, 11) is 0. The molecule has 2 N–H and O–H groups in total. The van der Waals surface area contributed by atoms with Crippen molar-refractivity contribution in [2.24, 2.45) is 0 Å². The van der Waals surface area contributed by atoms with Gasteiger partial charge in [0.2, 0.25) is 0 Å². The Hall–Kier alpha value is -1.73. The SMILES string of the molecule is Cc1ccc(NC(=O)C2CNCCO2)cc1OCC(F)F. The van der Waals surface area contributed by atoms with Crippen LogP contribution >= 0.6 is 0 Å². The molecule has 1 saturated heterocycles. The number of carbonyl (C=O) groups is 1. The third-order valence-corrected chi connectivity index (χ3v) is 3.04. The molecule has 0 spiro atoms. The molecule has 1 heterocycles. The van der Waals surface area contributed by atoms with Gasteiger partial charge in [-0.15, -0.1) is 0 Å². The fourth-order valence-electron chi connectivity index (χ4n) is 1.94. The fourth-order valence-corrected chi connectivity index (χ4v) is 1.94. The first-order valence-electron chi connectivity index (χ1n) is 6.71. The van der Waals surface area contributed by atoms with Crippen LogP contribution in [0.5, 0.6) is 5.75 Å². The van der Waals surface area contributed by atoms with Crippen LogP contribution in [0.25, 0.3) is 0 Å². The van der Waals surface area contributed by atoms with Gasteiger partial charge in [0.25, 0.3) is 12.3 Å². The van der Waals surface area contributed by atoms with Crippen molar-refractivity contribution >= 4 is 11.6 Å². The second-order valence-electron chi connectivity index (χ2n) is 4.74. The van der Waals surface area contributed by atoms with Gasteiger partial charge in [-0.3, -0.25) is 4.79 Å². The Labute approximate surface area is 121 Å². The van der Waals surface area contributed by atoms with E-state index in [0.29, 0.717) is 24.6 Å². The predicted molar refractivity (Wildman–Crippen MR) is 73.9 cm³/mol. The third kappa shape index (κ3) is 4.64. The lowest BCUT2D eigenvalue weighted by Crippen LogP contribution is -2.45. The molecule has 2 rings (SSSR count). The van der Waals surface area contributed by atoms with E-state index in [1.54, 1.807) is 19.1 Å². The smallest absolute Gasteiger partial charge is 0.272 e. The highest BCUT2D eigenvalue weighted by Gasteiger charge is 2.21. The number of ether oxygens (including phenoxy) is 2. The van der Waals surface area contributed by atoms with Gasteiger partial charge in [-0.05, 0) is 18.6 Å². The molecule has 0 bridgehead atoms. The Kier molecular flexibility index (Phi) is 5.46. The van der Waals surface area contributed by atoms with Crippen molar-refractivity contribution < 1.29 is 23.0 Å². The van der Waals surface area contributed by atoms with E-state index in [9.17, 15) is 13.6 Å². The number of morpholine rings is 1. The Morgan fingerprint density at radius 2 is 2.38 bits per heavy atom. The molecule has 1 fully saturated rings. The maximum Gasteiger partial charge on any atom is 0.272 e. The van der Waals surface area contributed by atoms with Crippen LogP contribution in [0.2, 0.25) is 0 Å². The number of anilines is 1. The van der Waals surface area contributed by atoms with Crippen LogP contribution in [0, 0.1) is 6.92 Å². The van der Waals surface area contributed by atoms with Gasteiger partial charge < -0.3 is 20.1 Å². The molecule has 5 nitrogen and oxygen atoms in total. The van der Waals surface area contributed by atoms with Crippen LogP contribution in [0.1, 0.15) is 5.56 Å². The highest BCUT2D eigenvalue weighted by Crippen LogP contribution is 2.23. The molecule has 0 saturated carbocycles. The zero-order valence-electron chi connectivity index (χ0n) is 11.7. The summed E-state index contributed by atoms with van der Waals surface area (Å²) in [6.07, 6.45) is -3.09. The van der Waals surface area contributed by atoms with Gasteiger partial charge >= 0.3 is 0 Å². The minimum Gasteiger partial charge on any atom is -0.487 e. The maximum absolute atomic E-state index is 12.2. The first-order valence-corrected chi connectivity index (χ1v) is 6.71.